The Morgan fingerprint density at radius 3 is 2.25 bits per heavy atom. The largest absolute Gasteiger partial charge is 0.493 e. The lowest BCUT2D eigenvalue weighted by Crippen LogP contribution is -2.17. The summed E-state index contributed by atoms with van der Waals surface area (Å²) in [6, 6.07) is 8.51. The highest BCUT2D eigenvalue weighted by atomic mass is 32.2. The van der Waals surface area contributed by atoms with Gasteiger partial charge in [0.1, 0.15) is 0 Å². The SMILES string of the molecule is CCCS(=O)(=O)Nc1ccc(Nc2ccc(OC)c(OC)c2)nn1. The number of benzene rings is 1. The van der Waals surface area contributed by atoms with E-state index in [2.05, 4.69) is 20.2 Å². The molecule has 2 N–H and O–H groups in total. The second-order valence-electron chi connectivity index (χ2n) is 4.92. The molecule has 9 heteroatoms. The van der Waals surface area contributed by atoms with Crippen molar-refractivity contribution in [1.29, 1.82) is 0 Å². The Morgan fingerprint density at radius 2 is 1.67 bits per heavy atom. The fraction of sp³-hybridized carbons (Fsp3) is 0.333. The van der Waals surface area contributed by atoms with Crippen molar-refractivity contribution < 1.29 is 17.9 Å². The van der Waals surface area contributed by atoms with Gasteiger partial charge in [-0.3, -0.25) is 4.72 Å². The molecule has 1 heterocycles. The van der Waals surface area contributed by atoms with E-state index < -0.39 is 10.0 Å². The minimum Gasteiger partial charge on any atom is -0.493 e. The number of anilines is 3. The molecule has 0 saturated heterocycles. The Bertz CT molecular complexity index is 779. The van der Waals surface area contributed by atoms with Crippen molar-refractivity contribution >= 4 is 27.3 Å². The average Bonchev–Trinajstić information content (AvgIpc) is 2.56. The fourth-order valence-corrected chi connectivity index (χ4v) is 3.06. The van der Waals surface area contributed by atoms with E-state index in [4.69, 9.17) is 9.47 Å². The van der Waals surface area contributed by atoms with Crippen molar-refractivity contribution in [2.45, 2.75) is 13.3 Å². The first-order chi connectivity index (χ1) is 11.5. The first kappa shape index (κ1) is 17.8. The first-order valence-electron chi connectivity index (χ1n) is 7.30. The molecule has 0 unspecified atom stereocenters. The lowest BCUT2D eigenvalue weighted by Gasteiger charge is -2.11. The third kappa shape index (κ3) is 4.72. The molecule has 2 aromatic rings. The number of aromatic nitrogens is 2. The van der Waals surface area contributed by atoms with E-state index in [0.29, 0.717) is 23.7 Å². The molecule has 0 amide bonds. The van der Waals surface area contributed by atoms with E-state index in [1.807, 2.05) is 0 Å². The summed E-state index contributed by atoms with van der Waals surface area (Å²) in [5.74, 6) is 1.90. The van der Waals surface area contributed by atoms with Crippen molar-refractivity contribution in [2.75, 3.05) is 30.0 Å². The lowest BCUT2D eigenvalue weighted by molar-refractivity contribution is 0.355. The third-order valence-electron chi connectivity index (χ3n) is 3.05. The van der Waals surface area contributed by atoms with Crippen LogP contribution in [0.3, 0.4) is 0 Å². The van der Waals surface area contributed by atoms with Gasteiger partial charge in [0.2, 0.25) is 10.0 Å². The number of hydrogen-bond donors (Lipinski definition) is 2. The molecule has 0 saturated carbocycles. The predicted molar refractivity (Wildman–Crippen MR) is 92.6 cm³/mol. The number of nitrogens with zero attached hydrogens (tertiary/aromatic N) is 2. The minimum absolute atomic E-state index is 0.0420. The van der Waals surface area contributed by atoms with E-state index >= 15 is 0 Å². The molecule has 0 bridgehead atoms. The van der Waals surface area contributed by atoms with Gasteiger partial charge in [-0.2, -0.15) is 0 Å². The molecule has 8 nitrogen and oxygen atoms in total. The summed E-state index contributed by atoms with van der Waals surface area (Å²) in [5, 5.41) is 10.9. The number of methoxy groups -OCH3 is 2. The Kier molecular flexibility index (Phi) is 5.80. The van der Waals surface area contributed by atoms with Gasteiger partial charge in [0.05, 0.1) is 20.0 Å². The van der Waals surface area contributed by atoms with Crippen LogP contribution in [0.2, 0.25) is 0 Å². The van der Waals surface area contributed by atoms with Gasteiger partial charge in [0, 0.05) is 11.8 Å². The maximum absolute atomic E-state index is 11.7. The number of sulfonamides is 1. The summed E-state index contributed by atoms with van der Waals surface area (Å²) < 4.78 is 36.2. The van der Waals surface area contributed by atoms with Gasteiger partial charge >= 0.3 is 0 Å². The maximum atomic E-state index is 11.7. The van der Waals surface area contributed by atoms with Gasteiger partial charge in [-0.25, -0.2) is 8.42 Å². The smallest absolute Gasteiger partial charge is 0.233 e. The second-order valence-corrected chi connectivity index (χ2v) is 6.76. The predicted octanol–water partition coefficient (Wildman–Crippen LogP) is 2.39. The van der Waals surface area contributed by atoms with Crippen LogP contribution < -0.4 is 19.5 Å². The van der Waals surface area contributed by atoms with E-state index in [0.717, 1.165) is 5.69 Å². The number of rotatable bonds is 8. The molecule has 1 aromatic carbocycles. The van der Waals surface area contributed by atoms with E-state index in [-0.39, 0.29) is 11.6 Å². The third-order valence-corrected chi connectivity index (χ3v) is 4.52. The van der Waals surface area contributed by atoms with Crippen LogP contribution in [0.25, 0.3) is 0 Å². The molecule has 0 radical (unpaired) electrons. The van der Waals surface area contributed by atoms with Crippen LogP contribution in [-0.4, -0.2) is 38.6 Å². The molecule has 1 aromatic heterocycles. The maximum Gasteiger partial charge on any atom is 0.233 e. The van der Waals surface area contributed by atoms with Crippen molar-refractivity contribution in [3.63, 3.8) is 0 Å². The second kappa shape index (κ2) is 7.82. The molecular formula is C15H20N4O4S. The normalized spacial score (nSPS) is 11.0. The first-order valence-corrected chi connectivity index (χ1v) is 8.96. The van der Waals surface area contributed by atoms with Crippen LogP contribution in [0, 0.1) is 0 Å². The average molecular weight is 352 g/mol. The standard InChI is InChI=1S/C15H20N4O4S/c1-4-9-24(20,21)19-15-8-7-14(17-18-15)16-11-5-6-12(22-2)13(10-11)23-3/h5-8,10H,4,9H2,1-3H3,(H,16,17)(H,18,19). The van der Waals surface area contributed by atoms with Crippen molar-refractivity contribution in [3.05, 3.63) is 30.3 Å². The van der Waals surface area contributed by atoms with E-state index in [9.17, 15) is 8.42 Å². The van der Waals surface area contributed by atoms with Gasteiger partial charge in [-0.15, -0.1) is 10.2 Å². The summed E-state index contributed by atoms with van der Waals surface area (Å²) in [7, 11) is -0.258. The molecule has 0 fully saturated rings. The van der Waals surface area contributed by atoms with Crippen LogP contribution in [0.15, 0.2) is 30.3 Å². The highest BCUT2D eigenvalue weighted by Gasteiger charge is 2.10. The van der Waals surface area contributed by atoms with Crippen molar-refractivity contribution in [3.8, 4) is 11.5 Å². The number of nitrogens with one attached hydrogen (secondary N) is 2. The zero-order valence-electron chi connectivity index (χ0n) is 13.7. The van der Waals surface area contributed by atoms with Crippen LogP contribution >= 0.6 is 0 Å². The van der Waals surface area contributed by atoms with Gasteiger partial charge in [-0.05, 0) is 30.7 Å². The van der Waals surface area contributed by atoms with Crippen molar-refractivity contribution in [1.82, 2.24) is 10.2 Å². The number of ether oxygens (including phenoxy) is 2. The van der Waals surface area contributed by atoms with Crippen LogP contribution in [0.5, 0.6) is 11.5 Å². The summed E-state index contributed by atoms with van der Waals surface area (Å²) in [6.45, 7) is 1.79. The Labute approximate surface area is 141 Å². The minimum atomic E-state index is -3.38. The fourth-order valence-electron chi connectivity index (χ4n) is 1.99. The summed E-state index contributed by atoms with van der Waals surface area (Å²) >= 11 is 0. The lowest BCUT2D eigenvalue weighted by atomic mass is 10.2. The summed E-state index contributed by atoms with van der Waals surface area (Å²) in [6.07, 6.45) is 0.529. The molecule has 0 atom stereocenters. The van der Waals surface area contributed by atoms with Crippen LogP contribution in [0.1, 0.15) is 13.3 Å². The zero-order chi connectivity index (χ0) is 17.6. The van der Waals surface area contributed by atoms with Gasteiger partial charge in [0.15, 0.2) is 23.1 Å². The summed E-state index contributed by atoms with van der Waals surface area (Å²) in [4.78, 5) is 0. The zero-order valence-corrected chi connectivity index (χ0v) is 14.6. The highest BCUT2D eigenvalue weighted by Crippen LogP contribution is 2.30. The molecule has 0 aliphatic rings. The molecule has 0 spiro atoms. The van der Waals surface area contributed by atoms with Gasteiger partial charge < -0.3 is 14.8 Å². The Hall–Kier alpha value is -2.55. The van der Waals surface area contributed by atoms with Gasteiger partial charge in [-0.1, -0.05) is 6.92 Å². The van der Waals surface area contributed by atoms with Crippen LogP contribution in [-0.2, 0) is 10.0 Å². The molecule has 130 valence electrons. The topological polar surface area (TPSA) is 102 Å². The highest BCUT2D eigenvalue weighted by molar-refractivity contribution is 7.92. The molecule has 0 aliphatic carbocycles. The van der Waals surface area contributed by atoms with E-state index in [1.165, 1.54) is 0 Å². The van der Waals surface area contributed by atoms with Crippen LogP contribution in [0.4, 0.5) is 17.3 Å². The van der Waals surface area contributed by atoms with E-state index in [1.54, 1.807) is 51.5 Å². The summed E-state index contributed by atoms with van der Waals surface area (Å²) in [5.41, 5.74) is 0.737. The number of hydrogen-bond acceptors (Lipinski definition) is 7. The Morgan fingerprint density at radius 1 is 1.00 bits per heavy atom. The van der Waals surface area contributed by atoms with Crippen molar-refractivity contribution in [2.24, 2.45) is 0 Å². The Balaban J connectivity index is 2.09. The molecule has 24 heavy (non-hydrogen) atoms. The molecule has 2 rings (SSSR count). The van der Waals surface area contributed by atoms with Gasteiger partial charge in [0.25, 0.3) is 0 Å². The monoisotopic (exact) mass is 352 g/mol. The quantitative estimate of drug-likeness (QED) is 0.752. The molecule has 0 aliphatic heterocycles. The molecular weight excluding hydrogens is 332 g/mol.